The number of aromatic nitrogens is 2. The Labute approximate surface area is 190 Å². The number of likely N-dealkylation sites (N-methyl/N-ethyl adjacent to an activating group) is 1. The smallest absolute Gasteiger partial charge is 0.255 e. The summed E-state index contributed by atoms with van der Waals surface area (Å²) in [5.41, 5.74) is 4.38. The minimum Gasteiger partial charge on any atom is -0.350 e. The lowest BCUT2D eigenvalue weighted by Gasteiger charge is -2.30. The van der Waals surface area contributed by atoms with E-state index in [4.69, 9.17) is 11.6 Å². The van der Waals surface area contributed by atoms with Crippen LogP contribution >= 0.6 is 11.6 Å². The summed E-state index contributed by atoms with van der Waals surface area (Å²) in [7, 11) is 0. The van der Waals surface area contributed by atoms with E-state index in [0.717, 1.165) is 30.0 Å². The number of hydrogen-bond donors (Lipinski definition) is 1. The number of halogens is 1. The van der Waals surface area contributed by atoms with Crippen molar-refractivity contribution in [2.24, 2.45) is 0 Å². The second kappa shape index (κ2) is 10.6. The van der Waals surface area contributed by atoms with Crippen LogP contribution in [0.2, 0.25) is 5.02 Å². The molecule has 1 aromatic heterocycles. The summed E-state index contributed by atoms with van der Waals surface area (Å²) in [6, 6.07) is 18.2. The molecule has 1 heterocycles. The summed E-state index contributed by atoms with van der Waals surface area (Å²) in [5.74, 6) is -0.0894. The molecule has 5 nitrogen and oxygen atoms in total. The molecule has 6 heteroatoms. The predicted molar refractivity (Wildman–Crippen MR) is 127 cm³/mol. The topological polar surface area (TPSA) is 50.2 Å². The number of carbonyl (C=O) groups is 1. The fourth-order valence-electron chi connectivity index (χ4n) is 4.04. The van der Waals surface area contributed by atoms with E-state index >= 15 is 0 Å². The lowest BCUT2D eigenvalue weighted by molar-refractivity contribution is 0.0933. The number of hydrogen-bond acceptors (Lipinski definition) is 3. The molecule has 31 heavy (non-hydrogen) atoms. The Kier molecular flexibility index (Phi) is 7.88. The third-order valence-corrected chi connectivity index (χ3v) is 6.15. The van der Waals surface area contributed by atoms with E-state index in [9.17, 15) is 4.79 Å². The van der Waals surface area contributed by atoms with Crippen LogP contribution in [-0.4, -0.2) is 40.2 Å². The Hall–Kier alpha value is -2.63. The van der Waals surface area contributed by atoms with Crippen LogP contribution in [0.5, 0.6) is 0 Å². The van der Waals surface area contributed by atoms with Gasteiger partial charge < -0.3 is 5.32 Å². The maximum atomic E-state index is 13.1. The first kappa shape index (κ1) is 23.0. The van der Waals surface area contributed by atoms with E-state index in [1.807, 2.05) is 61.0 Å². The van der Waals surface area contributed by atoms with Crippen molar-refractivity contribution in [3.63, 3.8) is 0 Å². The normalized spacial score (nSPS) is 12.2. The number of aryl methyl sites for hydroxylation is 1. The Morgan fingerprint density at radius 2 is 1.71 bits per heavy atom. The maximum absolute atomic E-state index is 13.1. The lowest BCUT2D eigenvalue weighted by atomic mass is 10.0. The molecule has 1 N–H and O–H groups in total. The Bertz CT molecular complexity index is 1010. The molecule has 3 aromatic rings. The zero-order valence-electron chi connectivity index (χ0n) is 18.7. The van der Waals surface area contributed by atoms with E-state index in [1.165, 1.54) is 5.56 Å². The van der Waals surface area contributed by atoms with Crippen molar-refractivity contribution in [1.29, 1.82) is 0 Å². The molecule has 0 fully saturated rings. The zero-order valence-corrected chi connectivity index (χ0v) is 19.5. The van der Waals surface area contributed by atoms with Crippen molar-refractivity contribution in [2.75, 3.05) is 19.6 Å². The van der Waals surface area contributed by atoms with Gasteiger partial charge in [-0.1, -0.05) is 74.0 Å². The Balaban J connectivity index is 1.78. The summed E-state index contributed by atoms with van der Waals surface area (Å²) < 4.78 is 1.85. The molecule has 0 aliphatic rings. The standard InChI is InChI=1S/C25H31ClN4O/c1-5-29(6-2)23(20-12-8-7-9-13-20)16-27-25(31)24-18(3)28-30(19(24)4)17-21-14-10-11-15-22(21)26/h7-15,23H,5-6,16-17H2,1-4H3,(H,27,31)/t23-/m1/s1. The number of carbonyl (C=O) groups excluding carboxylic acids is 1. The van der Waals surface area contributed by atoms with Gasteiger partial charge in [-0.3, -0.25) is 14.4 Å². The van der Waals surface area contributed by atoms with Crippen LogP contribution in [0, 0.1) is 13.8 Å². The molecule has 0 unspecified atom stereocenters. The first-order valence-corrected chi connectivity index (χ1v) is 11.2. The number of benzene rings is 2. The summed E-state index contributed by atoms with van der Waals surface area (Å²) >= 11 is 6.31. The monoisotopic (exact) mass is 438 g/mol. The van der Waals surface area contributed by atoms with Crippen LogP contribution in [0.1, 0.15) is 52.8 Å². The van der Waals surface area contributed by atoms with E-state index in [-0.39, 0.29) is 11.9 Å². The third-order valence-electron chi connectivity index (χ3n) is 5.78. The predicted octanol–water partition coefficient (Wildman–Crippen LogP) is 5.01. The Morgan fingerprint density at radius 3 is 2.35 bits per heavy atom. The minimum atomic E-state index is -0.0894. The maximum Gasteiger partial charge on any atom is 0.255 e. The first-order valence-electron chi connectivity index (χ1n) is 10.8. The quantitative estimate of drug-likeness (QED) is 0.510. The molecule has 0 aliphatic heterocycles. The molecule has 3 rings (SSSR count). The van der Waals surface area contributed by atoms with Crippen molar-refractivity contribution in [2.45, 2.75) is 40.3 Å². The van der Waals surface area contributed by atoms with Gasteiger partial charge in [-0.25, -0.2) is 0 Å². The molecule has 0 saturated carbocycles. The second-order valence-corrected chi connectivity index (χ2v) is 8.06. The molecule has 1 atom stereocenters. The molecule has 0 bridgehead atoms. The number of amides is 1. The largest absolute Gasteiger partial charge is 0.350 e. The van der Waals surface area contributed by atoms with Gasteiger partial charge in [-0.15, -0.1) is 0 Å². The van der Waals surface area contributed by atoms with E-state index in [1.54, 1.807) is 0 Å². The highest BCUT2D eigenvalue weighted by atomic mass is 35.5. The summed E-state index contributed by atoms with van der Waals surface area (Å²) in [4.78, 5) is 15.5. The fraction of sp³-hybridized carbons (Fsp3) is 0.360. The Morgan fingerprint density at radius 1 is 1.06 bits per heavy atom. The average molecular weight is 439 g/mol. The summed E-state index contributed by atoms with van der Waals surface area (Å²) in [6.45, 7) is 11.0. The van der Waals surface area contributed by atoms with Crippen LogP contribution in [-0.2, 0) is 6.54 Å². The molecule has 0 saturated heterocycles. The molecule has 0 radical (unpaired) electrons. The lowest BCUT2D eigenvalue weighted by Crippen LogP contribution is -2.38. The van der Waals surface area contributed by atoms with E-state index in [0.29, 0.717) is 23.7 Å². The van der Waals surface area contributed by atoms with Gasteiger partial charge >= 0.3 is 0 Å². The van der Waals surface area contributed by atoms with Crippen LogP contribution in [0.15, 0.2) is 54.6 Å². The van der Waals surface area contributed by atoms with Crippen LogP contribution < -0.4 is 5.32 Å². The van der Waals surface area contributed by atoms with E-state index in [2.05, 4.69) is 41.3 Å². The number of nitrogens with one attached hydrogen (secondary N) is 1. The molecule has 0 spiro atoms. The van der Waals surface area contributed by atoms with Gasteiger partial charge in [0, 0.05) is 17.3 Å². The van der Waals surface area contributed by atoms with Crippen LogP contribution in [0.4, 0.5) is 0 Å². The average Bonchev–Trinajstić information content (AvgIpc) is 3.06. The highest BCUT2D eigenvalue weighted by Crippen LogP contribution is 2.22. The number of rotatable bonds is 9. The van der Waals surface area contributed by atoms with Crippen molar-refractivity contribution in [3.05, 3.63) is 87.7 Å². The van der Waals surface area contributed by atoms with Crippen molar-refractivity contribution in [3.8, 4) is 0 Å². The van der Waals surface area contributed by atoms with Crippen molar-refractivity contribution in [1.82, 2.24) is 20.0 Å². The molecule has 164 valence electrons. The molecular weight excluding hydrogens is 408 g/mol. The summed E-state index contributed by atoms with van der Waals surface area (Å²) in [6.07, 6.45) is 0. The fourth-order valence-corrected chi connectivity index (χ4v) is 4.24. The van der Waals surface area contributed by atoms with Crippen molar-refractivity contribution >= 4 is 17.5 Å². The summed E-state index contributed by atoms with van der Waals surface area (Å²) in [5, 5.41) is 8.46. The molecular formula is C25H31ClN4O. The van der Waals surface area contributed by atoms with Gasteiger partial charge in [0.2, 0.25) is 0 Å². The second-order valence-electron chi connectivity index (χ2n) is 7.65. The first-order chi connectivity index (χ1) is 15.0. The SMILES string of the molecule is CCN(CC)[C@H](CNC(=O)c1c(C)nn(Cc2ccccc2Cl)c1C)c1ccccc1. The van der Waals surface area contributed by atoms with Gasteiger partial charge in [0.15, 0.2) is 0 Å². The third kappa shape index (κ3) is 5.35. The van der Waals surface area contributed by atoms with Gasteiger partial charge in [0.25, 0.3) is 5.91 Å². The van der Waals surface area contributed by atoms with Gasteiger partial charge in [0.05, 0.1) is 23.8 Å². The van der Waals surface area contributed by atoms with Gasteiger partial charge in [-0.2, -0.15) is 5.10 Å². The zero-order chi connectivity index (χ0) is 22.4. The van der Waals surface area contributed by atoms with Gasteiger partial charge in [-0.05, 0) is 44.1 Å². The highest BCUT2D eigenvalue weighted by molar-refractivity contribution is 6.31. The molecule has 2 aromatic carbocycles. The molecule has 0 aliphatic carbocycles. The highest BCUT2D eigenvalue weighted by Gasteiger charge is 2.22. The van der Waals surface area contributed by atoms with Crippen LogP contribution in [0.25, 0.3) is 0 Å². The minimum absolute atomic E-state index is 0.0894. The van der Waals surface area contributed by atoms with E-state index < -0.39 is 0 Å². The molecule has 1 amide bonds. The number of nitrogens with zero attached hydrogens (tertiary/aromatic N) is 3. The van der Waals surface area contributed by atoms with Crippen LogP contribution in [0.3, 0.4) is 0 Å². The van der Waals surface area contributed by atoms with Gasteiger partial charge in [0.1, 0.15) is 0 Å². The van der Waals surface area contributed by atoms with Crippen molar-refractivity contribution < 1.29 is 4.79 Å².